The topological polar surface area (TPSA) is 230 Å². The zero-order valence-corrected chi connectivity index (χ0v) is 32.4. The summed E-state index contributed by atoms with van der Waals surface area (Å²) < 4.78 is 52.3. The summed E-state index contributed by atoms with van der Waals surface area (Å²) in [5, 5.41) is 0. The van der Waals surface area contributed by atoms with Gasteiger partial charge in [0, 0.05) is 103 Å². The lowest BCUT2D eigenvalue weighted by atomic mass is 10.3. The molecule has 1 aliphatic rings. The van der Waals surface area contributed by atoms with Crippen molar-refractivity contribution < 1.29 is 57.0 Å². The third kappa shape index (κ3) is 22.2. The molecule has 16 nitrogen and oxygen atoms in total. The van der Waals surface area contributed by atoms with Crippen LogP contribution in [-0.4, -0.2) is 164 Å². The summed E-state index contributed by atoms with van der Waals surface area (Å²) in [4.78, 5) is 95.5. The number of carbonyl (C=O) groups is 4. The van der Waals surface area contributed by atoms with Crippen LogP contribution in [0, 0.1) is 0 Å². The van der Waals surface area contributed by atoms with Crippen LogP contribution < -0.4 is 0 Å². The smallest absolute Gasteiger partial charge is 0.214 e. The van der Waals surface area contributed by atoms with Gasteiger partial charge in [0.15, 0.2) is 0 Å². The minimum Gasteiger partial charge on any atom is -0.343 e. The van der Waals surface area contributed by atoms with Gasteiger partial charge in [-0.15, -0.1) is 0 Å². The Labute approximate surface area is 284 Å². The molecular formula is C28H56N4O12P4. The first-order valence-corrected chi connectivity index (χ1v) is 24.2. The van der Waals surface area contributed by atoms with Gasteiger partial charge in [0.25, 0.3) is 0 Å². The van der Waals surface area contributed by atoms with Gasteiger partial charge in [0.05, 0.1) is 25.1 Å². The van der Waals surface area contributed by atoms with Gasteiger partial charge in [-0.2, -0.15) is 0 Å². The SMILES string of the molecule is CC(=O)CCP(=O)(O)CN1CCN(CP(=O)(O)CCC(C)=O)CCN(CP(=O)(O)CCC(C)=O)CCN(CP(=O)(O)CCC(C)=O)CC1. The van der Waals surface area contributed by atoms with E-state index in [1.165, 1.54) is 27.7 Å². The Morgan fingerprint density at radius 3 is 0.667 bits per heavy atom. The molecule has 0 bridgehead atoms. The molecule has 48 heavy (non-hydrogen) atoms. The van der Waals surface area contributed by atoms with Gasteiger partial charge < -0.3 is 38.8 Å². The normalized spacial score (nSPS) is 21.8. The fourth-order valence-corrected chi connectivity index (χ4v) is 11.9. The highest BCUT2D eigenvalue weighted by Crippen LogP contribution is 2.45. The van der Waals surface area contributed by atoms with Crippen LogP contribution in [0.25, 0.3) is 0 Å². The van der Waals surface area contributed by atoms with Crippen LogP contribution >= 0.6 is 29.5 Å². The Balaban J connectivity index is 3.39. The molecule has 0 amide bonds. The summed E-state index contributed by atoms with van der Waals surface area (Å²) in [6.45, 7) is 6.55. The summed E-state index contributed by atoms with van der Waals surface area (Å²) in [5.74, 6) is -0.937. The predicted molar refractivity (Wildman–Crippen MR) is 186 cm³/mol. The number of ketones is 4. The van der Waals surface area contributed by atoms with E-state index in [4.69, 9.17) is 0 Å². The minimum absolute atomic E-state index is 0.0789. The quantitative estimate of drug-likeness (QED) is 0.130. The summed E-state index contributed by atoms with van der Waals surface area (Å²) >= 11 is 0. The highest BCUT2D eigenvalue weighted by molar-refractivity contribution is 7.58. The second-order valence-electron chi connectivity index (χ2n) is 13.1. The highest BCUT2D eigenvalue weighted by Gasteiger charge is 2.30. The predicted octanol–water partition coefficient (Wildman–Crippen LogP) is 2.04. The van der Waals surface area contributed by atoms with E-state index in [0.29, 0.717) is 0 Å². The monoisotopic (exact) mass is 764 g/mol. The van der Waals surface area contributed by atoms with E-state index in [-0.39, 0.29) is 151 Å². The van der Waals surface area contributed by atoms with Crippen LogP contribution in [0.5, 0.6) is 0 Å². The van der Waals surface area contributed by atoms with E-state index in [9.17, 15) is 57.0 Å². The zero-order valence-electron chi connectivity index (χ0n) is 28.8. The van der Waals surface area contributed by atoms with Gasteiger partial charge in [-0.3, -0.25) is 37.9 Å². The van der Waals surface area contributed by atoms with Gasteiger partial charge >= 0.3 is 0 Å². The van der Waals surface area contributed by atoms with Crippen LogP contribution in [-0.2, 0) is 37.4 Å². The van der Waals surface area contributed by atoms with Crippen molar-refractivity contribution >= 4 is 52.6 Å². The second kappa shape index (κ2) is 21.0. The third-order valence-electron chi connectivity index (χ3n) is 7.87. The van der Waals surface area contributed by atoms with Crippen molar-refractivity contribution in [2.75, 3.05) is 102 Å². The van der Waals surface area contributed by atoms with Crippen LogP contribution in [0.2, 0.25) is 0 Å². The Morgan fingerprint density at radius 2 is 0.542 bits per heavy atom. The first kappa shape index (κ1) is 45.3. The van der Waals surface area contributed by atoms with Gasteiger partial charge in [-0.1, -0.05) is 0 Å². The van der Waals surface area contributed by atoms with Gasteiger partial charge in [-0.25, -0.2) is 0 Å². The molecule has 0 aromatic rings. The van der Waals surface area contributed by atoms with Crippen molar-refractivity contribution in [3.05, 3.63) is 0 Å². The summed E-state index contributed by atoms with van der Waals surface area (Å²) in [6, 6.07) is 0. The largest absolute Gasteiger partial charge is 0.343 e. The lowest BCUT2D eigenvalue weighted by molar-refractivity contribution is -0.117. The minimum atomic E-state index is -3.81. The zero-order chi connectivity index (χ0) is 36.8. The average Bonchev–Trinajstić information content (AvgIpc) is 2.94. The molecule has 1 saturated heterocycles. The molecule has 1 aliphatic heterocycles. The Bertz CT molecular complexity index is 1090. The molecule has 4 unspecified atom stereocenters. The van der Waals surface area contributed by atoms with Crippen LogP contribution in [0.3, 0.4) is 0 Å². The summed E-state index contributed by atoms with van der Waals surface area (Å²) in [5.41, 5.74) is 0. The molecule has 4 N–H and O–H groups in total. The third-order valence-corrected chi connectivity index (χ3v) is 14.9. The number of Topliss-reactive ketones (excluding diaryl/α,β-unsaturated/α-hetero) is 4. The lowest BCUT2D eigenvalue weighted by Crippen LogP contribution is -2.46. The molecule has 0 spiro atoms. The molecule has 1 fully saturated rings. The maximum absolute atomic E-state index is 13.1. The molecule has 0 radical (unpaired) electrons. The van der Waals surface area contributed by atoms with E-state index >= 15 is 0 Å². The van der Waals surface area contributed by atoms with Gasteiger partial charge in [0.2, 0.25) is 29.5 Å². The second-order valence-corrected chi connectivity index (χ2v) is 22.8. The first-order valence-electron chi connectivity index (χ1n) is 16.1. The molecule has 0 aromatic carbocycles. The van der Waals surface area contributed by atoms with Crippen molar-refractivity contribution in [2.24, 2.45) is 0 Å². The average molecular weight is 765 g/mol. The standard InChI is InChI=1S/C28H56N4O12P4/c1-25(33)5-17-45(37,38)21-29-9-11-30(22-46(39,40)18-6-26(2)34)13-15-32(24-48(43,44)20-8-28(4)36)16-14-31(12-10-29)23-47(41,42)19-7-27(3)35/h5-24H2,1-4H3,(H,37,38)(H,39,40)(H,41,42)(H,43,44). The van der Waals surface area contributed by atoms with Crippen LogP contribution in [0.15, 0.2) is 0 Å². The van der Waals surface area contributed by atoms with Crippen molar-refractivity contribution in [2.45, 2.75) is 53.4 Å². The Hall–Kier alpha value is -0.720. The van der Waals surface area contributed by atoms with E-state index < -0.39 is 29.5 Å². The molecule has 0 aromatic heterocycles. The molecule has 20 heteroatoms. The lowest BCUT2D eigenvalue weighted by Gasteiger charge is -2.36. The van der Waals surface area contributed by atoms with Crippen LogP contribution in [0.4, 0.5) is 0 Å². The highest BCUT2D eigenvalue weighted by atomic mass is 31.2. The number of hydrogen-bond acceptors (Lipinski definition) is 12. The van der Waals surface area contributed by atoms with E-state index in [1.807, 2.05) is 0 Å². The van der Waals surface area contributed by atoms with Gasteiger partial charge in [-0.05, 0) is 27.7 Å². The molecule has 1 rings (SSSR count). The fraction of sp³-hybridized carbons (Fsp3) is 0.857. The first-order chi connectivity index (χ1) is 22.0. The number of nitrogens with zero attached hydrogens (tertiary/aromatic N) is 4. The maximum Gasteiger partial charge on any atom is 0.214 e. The van der Waals surface area contributed by atoms with E-state index in [2.05, 4.69) is 0 Å². The maximum atomic E-state index is 13.1. The number of carbonyl (C=O) groups excluding carboxylic acids is 4. The van der Waals surface area contributed by atoms with E-state index in [1.54, 1.807) is 19.6 Å². The van der Waals surface area contributed by atoms with Crippen LogP contribution in [0.1, 0.15) is 53.4 Å². The molecular weight excluding hydrogens is 708 g/mol. The molecule has 0 aliphatic carbocycles. The Kier molecular flexibility index (Phi) is 19.8. The molecule has 0 saturated carbocycles. The molecule has 280 valence electrons. The van der Waals surface area contributed by atoms with Crippen molar-refractivity contribution in [3.8, 4) is 0 Å². The molecule has 1 heterocycles. The fourth-order valence-electron chi connectivity index (χ4n) is 5.01. The summed E-state index contributed by atoms with van der Waals surface area (Å²) in [6.07, 6.45) is -2.32. The van der Waals surface area contributed by atoms with Crippen molar-refractivity contribution in [3.63, 3.8) is 0 Å². The summed E-state index contributed by atoms with van der Waals surface area (Å²) in [7, 11) is -15.2. The van der Waals surface area contributed by atoms with Crippen molar-refractivity contribution in [1.82, 2.24) is 19.6 Å². The number of rotatable bonds is 20. The van der Waals surface area contributed by atoms with Gasteiger partial charge in [0.1, 0.15) is 23.1 Å². The Morgan fingerprint density at radius 1 is 0.396 bits per heavy atom. The van der Waals surface area contributed by atoms with E-state index in [0.717, 1.165) is 0 Å². The molecule has 4 atom stereocenters. The number of hydrogen-bond donors (Lipinski definition) is 4. The van der Waals surface area contributed by atoms with Crippen molar-refractivity contribution in [1.29, 1.82) is 0 Å².